The zero-order valence-electron chi connectivity index (χ0n) is 13.6. The first kappa shape index (κ1) is 16.2. The SMILES string of the molecule is CN1N=C(c2ccc(Cl)cc2)C(n2ccnc2)C1c1ccc(Cl)cc1. The van der Waals surface area contributed by atoms with Crippen molar-refractivity contribution in [3.05, 3.63) is 88.4 Å². The van der Waals surface area contributed by atoms with Crippen molar-refractivity contribution in [2.45, 2.75) is 12.1 Å². The van der Waals surface area contributed by atoms with Gasteiger partial charge in [0.25, 0.3) is 0 Å². The smallest absolute Gasteiger partial charge is 0.105 e. The molecule has 0 aliphatic carbocycles. The monoisotopic (exact) mass is 370 g/mol. The molecule has 0 saturated carbocycles. The van der Waals surface area contributed by atoms with Gasteiger partial charge in [-0.1, -0.05) is 47.5 Å². The average molecular weight is 371 g/mol. The summed E-state index contributed by atoms with van der Waals surface area (Å²) in [6.07, 6.45) is 5.59. The molecule has 0 saturated heterocycles. The Kier molecular flexibility index (Phi) is 4.24. The summed E-state index contributed by atoms with van der Waals surface area (Å²) in [5, 5.41) is 8.27. The summed E-state index contributed by atoms with van der Waals surface area (Å²) >= 11 is 12.1. The van der Waals surface area contributed by atoms with Gasteiger partial charge in [-0.15, -0.1) is 0 Å². The van der Waals surface area contributed by atoms with E-state index in [1.54, 1.807) is 6.20 Å². The minimum Gasteiger partial charge on any atom is -0.326 e. The van der Waals surface area contributed by atoms with Crippen LogP contribution in [0.4, 0.5) is 0 Å². The number of likely N-dealkylation sites (N-methyl/N-ethyl adjacent to an activating group) is 1. The van der Waals surface area contributed by atoms with Crippen molar-refractivity contribution in [3.8, 4) is 0 Å². The van der Waals surface area contributed by atoms with Gasteiger partial charge in [0.15, 0.2) is 0 Å². The highest BCUT2D eigenvalue weighted by Gasteiger charge is 2.38. The van der Waals surface area contributed by atoms with Gasteiger partial charge in [0.2, 0.25) is 0 Å². The predicted molar refractivity (Wildman–Crippen MR) is 101 cm³/mol. The maximum Gasteiger partial charge on any atom is 0.105 e. The van der Waals surface area contributed by atoms with E-state index >= 15 is 0 Å². The maximum atomic E-state index is 6.06. The molecular formula is C19H16Cl2N4. The summed E-state index contributed by atoms with van der Waals surface area (Å²) in [6, 6.07) is 15.8. The van der Waals surface area contributed by atoms with Crippen LogP contribution in [0, 0.1) is 0 Å². The van der Waals surface area contributed by atoms with E-state index in [4.69, 9.17) is 28.3 Å². The van der Waals surface area contributed by atoms with Crippen LogP contribution in [0.2, 0.25) is 10.0 Å². The molecule has 6 heteroatoms. The highest BCUT2D eigenvalue weighted by atomic mass is 35.5. The number of halogens is 2. The lowest BCUT2D eigenvalue weighted by Crippen LogP contribution is -2.26. The van der Waals surface area contributed by atoms with E-state index in [0.29, 0.717) is 5.02 Å². The maximum absolute atomic E-state index is 6.06. The zero-order chi connectivity index (χ0) is 17.4. The largest absolute Gasteiger partial charge is 0.326 e. The van der Waals surface area contributed by atoms with Crippen LogP contribution >= 0.6 is 23.2 Å². The highest BCUT2D eigenvalue weighted by Crippen LogP contribution is 2.40. The molecule has 0 radical (unpaired) electrons. The van der Waals surface area contributed by atoms with Gasteiger partial charge in [-0.05, 0) is 29.8 Å². The van der Waals surface area contributed by atoms with Crippen molar-refractivity contribution in [2.75, 3.05) is 7.05 Å². The summed E-state index contributed by atoms with van der Waals surface area (Å²) in [6.45, 7) is 0. The van der Waals surface area contributed by atoms with Gasteiger partial charge < -0.3 is 4.57 Å². The average Bonchev–Trinajstić information content (AvgIpc) is 3.24. The Morgan fingerprint density at radius 3 is 2.12 bits per heavy atom. The van der Waals surface area contributed by atoms with E-state index in [-0.39, 0.29) is 12.1 Å². The molecule has 3 aromatic rings. The fraction of sp³-hybridized carbons (Fsp3) is 0.158. The second-order valence-corrected chi connectivity index (χ2v) is 6.89. The van der Waals surface area contributed by atoms with Crippen molar-refractivity contribution in [1.29, 1.82) is 0 Å². The van der Waals surface area contributed by atoms with E-state index < -0.39 is 0 Å². The number of hydrazone groups is 1. The summed E-state index contributed by atoms with van der Waals surface area (Å²) in [7, 11) is 1.99. The number of aromatic nitrogens is 2. The van der Waals surface area contributed by atoms with E-state index in [1.807, 2.05) is 73.1 Å². The van der Waals surface area contributed by atoms with Gasteiger partial charge in [0.05, 0.1) is 18.1 Å². The van der Waals surface area contributed by atoms with Crippen molar-refractivity contribution in [1.82, 2.24) is 14.6 Å². The lowest BCUT2D eigenvalue weighted by atomic mass is 9.93. The van der Waals surface area contributed by atoms with E-state index in [0.717, 1.165) is 21.9 Å². The Labute approximate surface area is 156 Å². The van der Waals surface area contributed by atoms with E-state index in [9.17, 15) is 0 Å². The van der Waals surface area contributed by atoms with Gasteiger partial charge in [-0.25, -0.2) is 4.98 Å². The van der Waals surface area contributed by atoms with Crippen molar-refractivity contribution in [2.24, 2.45) is 5.10 Å². The van der Waals surface area contributed by atoms with E-state index in [1.165, 1.54) is 0 Å². The summed E-state index contributed by atoms with van der Waals surface area (Å²) in [5.41, 5.74) is 3.18. The molecule has 1 aliphatic rings. The minimum atomic E-state index is 0.00912. The molecule has 1 aromatic heterocycles. The van der Waals surface area contributed by atoms with Gasteiger partial charge >= 0.3 is 0 Å². The van der Waals surface area contributed by atoms with Crippen LogP contribution in [0.1, 0.15) is 23.2 Å². The third-order valence-electron chi connectivity index (χ3n) is 4.44. The summed E-state index contributed by atoms with van der Waals surface area (Å²) in [5.74, 6) is 0. The third-order valence-corrected chi connectivity index (χ3v) is 4.95. The molecule has 0 amide bonds. The number of benzene rings is 2. The van der Waals surface area contributed by atoms with Gasteiger partial charge in [0.1, 0.15) is 6.04 Å². The first-order valence-corrected chi connectivity index (χ1v) is 8.69. The fourth-order valence-electron chi connectivity index (χ4n) is 3.29. The molecule has 0 bridgehead atoms. The molecule has 0 N–H and O–H groups in total. The molecule has 2 unspecified atom stereocenters. The quantitative estimate of drug-likeness (QED) is 0.661. The van der Waals surface area contributed by atoms with Crippen LogP contribution in [-0.2, 0) is 0 Å². The van der Waals surface area contributed by atoms with Crippen molar-refractivity contribution >= 4 is 28.9 Å². The van der Waals surface area contributed by atoms with Gasteiger partial charge in [-0.3, -0.25) is 5.01 Å². The number of nitrogens with zero attached hydrogens (tertiary/aromatic N) is 4. The van der Waals surface area contributed by atoms with Crippen LogP contribution < -0.4 is 0 Å². The summed E-state index contributed by atoms with van der Waals surface area (Å²) < 4.78 is 2.09. The Hall–Kier alpha value is -2.30. The summed E-state index contributed by atoms with van der Waals surface area (Å²) in [4.78, 5) is 4.22. The van der Waals surface area contributed by atoms with Crippen molar-refractivity contribution in [3.63, 3.8) is 0 Å². The van der Waals surface area contributed by atoms with E-state index in [2.05, 4.69) is 9.55 Å². The van der Waals surface area contributed by atoms with Gasteiger partial charge in [-0.2, -0.15) is 5.10 Å². The number of imidazole rings is 1. The Morgan fingerprint density at radius 2 is 1.52 bits per heavy atom. The molecule has 0 fully saturated rings. The van der Waals surface area contributed by atoms with Crippen LogP contribution in [0.3, 0.4) is 0 Å². The first-order chi connectivity index (χ1) is 12.1. The van der Waals surface area contributed by atoms with Crippen LogP contribution in [0.25, 0.3) is 0 Å². The van der Waals surface area contributed by atoms with Crippen LogP contribution in [-0.4, -0.2) is 27.3 Å². The third kappa shape index (κ3) is 3.03. The lowest BCUT2D eigenvalue weighted by Gasteiger charge is -2.26. The molecule has 4 rings (SSSR count). The normalized spacial score (nSPS) is 20.0. The lowest BCUT2D eigenvalue weighted by molar-refractivity contribution is 0.250. The zero-order valence-corrected chi connectivity index (χ0v) is 15.1. The van der Waals surface area contributed by atoms with Crippen LogP contribution in [0.5, 0.6) is 0 Å². The number of hydrogen-bond acceptors (Lipinski definition) is 3. The minimum absolute atomic E-state index is 0.00912. The van der Waals surface area contributed by atoms with Crippen LogP contribution in [0.15, 0.2) is 72.4 Å². The highest BCUT2D eigenvalue weighted by molar-refractivity contribution is 6.31. The van der Waals surface area contributed by atoms with Gasteiger partial charge in [0, 0.05) is 35.1 Å². The molecular weight excluding hydrogens is 355 g/mol. The first-order valence-electron chi connectivity index (χ1n) is 7.93. The molecule has 1 aliphatic heterocycles. The molecule has 2 atom stereocenters. The number of hydrogen-bond donors (Lipinski definition) is 0. The molecule has 2 heterocycles. The van der Waals surface area contributed by atoms with Crippen molar-refractivity contribution < 1.29 is 0 Å². The Balaban J connectivity index is 1.80. The number of rotatable bonds is 3. The second kappa shape index (κ2) is 6.54. The molecule has 4 nitrogen and oxygen atoms in total. The molecule has 126 valence electrons. The Bertz CT molecular complexity index is 886. The topological polar surface area (TPSA) is 33.4 Å². The predicted octanol–water partition coefficient (Wildman–Crippen LogP) is 4.82. The molecule has 2 aromatic carbocycles. The standard InChI is InChI=1S/C19H16Cl2N4/c1-24-18(14-4-8-16(21)9-5-14)19(25-11-10-22-12-25)17(23-24)13-2-6-15(20)7-3-13/h2-12,18-19H,1H3. The fourth-order valence-corrected chi connectivity index (χ4v) is 3.54. The Morgan fingerprint density at radius 1 is 0.880 bits per heavy atom. The second-order valence-electron chi connectivity index (χ2n) is 6.02. The molecule has 25 heavy (non-hydrogen) atoms. The molecule has 0 spiro atoms.